The number of hydrogen-bond acceptors (Lipinski definition) is 3. The molecule has 20 heavy (non-hydrogen) atoms. The van der Waals surface area contributed by atoms with Gasteiger partial charge < -0.3 is 15.7 Å². The second kappa shape index (κ2) is 5.35. The zero-order valence-electron chi connectivity index (χ0n) is 12.7. The van der Waals surface area contributed by atoms with Crippen LogP contribution < -0.4 is 10.6 Å². The topological polar surface area (TPSA) is 66.6 Å². The number of piperidine rings is 1. The molecule has 1 fully saturated rings. The van der Waals surface area contributed by atoms with E-state index in [-0.39, 0.29) is 5.56 Å². The van der Waals surface area contributed by atoms with Gasteiger partial charge in [0.25, 0.3) is 0 Å². The van der Waals surface area contributed by atoms with Gasteiger partial charge in [0.1, 0.15) is 0 Å². The Bertz CT molecular complexity index is 527. The first-order chi connectivity index (χ1) is 9.31. The maximum absolute atomic E-state index is 11.3. The fraction of sp³-hybridized carbons (Fsp3) is 0.562. The highest BCUT2D eigenvalue weighted by Crippen LogP contribution is 2.33. The third-order valence-electron chi connectivity index (χ3n) is 4.53. The number of carboxylic acids is 1. The fourth-order valence-corrected chi connectivity index (χ4v) is 3.18. The lowest BCUT2D eigenvalue weighted by molar-refractivity contribution is 0.0698. The van der Waals surface area contributed by atoms with Crippen LogP contribution in [0.1, 0.15) is 43.1 Å². The van der Waals surface area contributed by atoms with Crippen LogP contribution >= 0.6 is 0 Å². The number of rotatable bonds is 2. The van der Waals surface area contributed by atoms with Crippen LogP contribution in [0.3, 0.4) is 0 Å². The van der Waals surface area contributed by atoms with Crippen molar-refractivity contribution in [3.05, 3.63) is 23.3 Å². The lowest BCUT2D eigenvalue weighted by atomic mass is 9.85. The van der Waals surface area contributed by atoms with Crippen molar-refractivity contribution in [1.82, 2.24) is 0 Å². The first-order valence-electron chi connectivity index (χ1n) is 7.21. The van der Waals surface area contributed by atoms with E-state index in [4.69, 9.17) is 5.73 Å². The molecule has 4 heteroatoms. The Morgan fingerprint density at radius 2 is 2.00 bits per heavy atom. The molecule has 1 aromatic rings. The third kappa shape index (κ3) is 2.60. The number of aryl methyl sites for hydroxylation is 1. The molecule has 0 aromatic heterocycles. The van der Waals surface area contributed by atoms with Crippen molar-refractivity contribution in [1.29, 1.82) is 0 Å². The van der Waals surface area contributed by atoms with E-state index in [2.05, 4.69) is 25.7 Å². The third-order valence-corrected chi connectivity index (χ3v) is 4.53. The molecule has 1 aromatic carbocycles. The summed E-state index contributed by atoms with van der Waals surface area (Å²) in [7, 11) is 0. The second-order valence-corrected chi connectivity index (χ2v) is 6.24. The average Bonchev–Trinajstić information content (AvgIpc) is 2.36. The second-order valence-electron chi connectivity index (χ2n) is 6.24. The number of nitrogens with zero attached hydrogens (tertiary/aromatic N) is 1. The lowest BCUT2D eigenvalue weighted by Crippen LogP contribution is -2.46. The lowest BCUT2D eigenvalue weighted by Gasteiger charge is -2.43. The van der Waals surface area contributed by atoms with Crippen LogP contribution in [-0.2, 0) is 0 Å². The minimum Gasteiger partial charge on any atom is -0.478 e. The zero-order valence-corrected chi connectivity index (χ0v) is 12.7. The van der Waals surface area contributed by atoms with E-state index in [1.807, 2.05) is 13.0 Å². The van der Waals surface area contributed by atoms with Gasteiger partial charge in [-0.05, 0) is 49.8 Å². The maximum atomic E-state index is 11.3. The Hall–Kier alpha value is -1.71. The van der Waals surface area contributed by atoms with Crippen molar-refractivity contribution >= 4 is 17.3 Å². The molecule has 1 aliphatic heterocycles. The van der Waals surface area contributed by atoms with Crippen molar-refractivity contribution in [2.45, 2.75) is 40.2 Å². The number of nitrogen functional groups attached to an aromatic ring is 1. The molecule has 2 rings (SSSR count). The molecule has 3 unspecified atom stereocenters. The Kier molecular flexibility index (Phi) is 3.93. The van der Waals surface area contributed by atoms with Gasteiger partial charge in [0.15, 0.2) is 0 Å². The number of hydrogen-bond donors (Lipinski definition) is 2. The largest absolute Gasteiger partial charge is 0.478 e. The fourth-order valence-electron chi connectivity index (χ4n) is 3.18. The van der Waals surface area contributed by atoms with Crippen molar-refractivity contribution in [2.75, 3.05) is 17.2 Å². The molecule has 0 spiro atoms. The monoisotopic (exact) mass is 276 g/mol. The molecule has 1 heterocycles. The highest BCUT2D eigenvalue weighted by atomic mass is 16.4. The van der Waals surface area contributed by atoms with Crippen LogP contribution in [0.5, 0.6) is 0 Å². The van der Waals surface area contributed by atoms with Gasteiger partial charge in [0.2, 0.25) is 0 Å². The number of carboxylic acid groups (broad SMARTS) is 1. The van der Waals surface area contributed by atoms with E-state index >= 15 is 0 Å². The Morgan fingerprint density at radius 1 is 1.35 bits per heavy atom. The van der Waals surface area contributed by atoms with Gasteiger partial charge >= 0.3 is 5.97 Å². The number of benzene rings is 1. The summed E-state index contributed by atoms with van der Waals surface area (Å²) >= 11 is 0. The first-order valence-corrected chi connectivity index (χ1v) is 7.21. The molecular weight excluding hydrogens is 252 g/mol. The summed E-state index contributed by atoms with van der Waals surface area (Å²) in [5, 5.41) is 9.28. The number of nitrogens with two attached hydrogens (primary N) is 1. The molecule has 110 valence electrons. The van der Waals surface area contributed by atoms with Crippen LogP contribution in [0.2, 0.25) is 0 Å². The molecule has 3 N–H and O–H groups in total. The van der Waals surface area contributed by atoms with Crippen LogP contribution in [-0.4, -0.2) is 23.7 Å². The molecule has 4 nitrogen and oxygen atoms in total. The summed E-state index contributed by atoms with van der Waals surface area (Å²) in [6.45, 7) is 9.55. The maximum Gasteiger partial charge on any atom is 0.337 e. The van der Waals surface area contributed by atoms with Crippen LogP contribution in [0.4, 0.5) is 11.4 Å². The van der Waals surface area contributed by atoms with Gasteiger partial charge in [-0.3, -0.25) is 0 Å². The molecule has 3 atom stereocenters. The standard InChI is InChI=1S/C16H24N2O2/c1-9-5-10(2)12(4)18(8-9)13-6-11(3)15(17)14(7-13)16(19)20/h6-7,9-10,12H,5,8,17H2,1-4H3,(H,19,20). The van der Waals surface area contributed by atoms with Crippen LogP contribution in [0.25, 0.3) is 0 Å². The van der Waals surface area contributed by atoms with Gasteiger partial charge in [-0.25, -0.2) is 4.79 Å². The number of aromatic carboxylic acids is 1. The highest BCUT2D eigenvalue weighted by Gasteiger charge is 2.29. The molecule has 1 saturated heterocycles. The molecule has 0 saturated carbocycles. The van der Waals surface area contributed by atoms with E-state index in [9.17, 15) is 9.90 Å². The average molecular weight is 276 g/mol. The van der Waals surface area contributed by atoms with E-state index < -0.39 is 5.97 Å². The van der Waals surface area contributed by atoms with E-state index in [1.54, 1.807) is 6.07 Å². The number of carbonyl (C=O) groups is 1. The molecule has 0 amide bonds. The highest BCUT2D eigenvalue weighted by molar-refractivity contribution is 5.95. The predicted octanol–water partition coefficient (Wildman–Crippen LogP) is 3.15. The summed E-state index contributed by atoms with van der Waals surface area (Å²) in [4.78, 5) is 13.6. The Labute approximate surface area is 120 Å². The summed E-state index contributed by atoms with van der Waals surface area (Å²) < 4.78 is 0. The van der Waals surface area contributed by atoms with E-state index in [0.29, 0.717) is 23.6 Å². The van der Waals surface area contributed by atoms with Gasteiger partial charge in [0.05, 0.1) is 5.56 Å². The van der Waals surface area contributed by atoms with Crippen LogP contribution in [0, 0.1) is 18.8 Å². The molecule has 0 radical (unpaired) electrons. The Balaban J connectivity index is 2.44. The predicted molar refractivity (Wildman–Crippen MR) is 82.3 cm³/mol. The van der Waals surface area contributed by atoms with Crippen LogP contribution in [0.15, 0.2) is 12.1 Å². The zero-order chi connectivity index (χ0) is 15.0. The quantitative estimate of drug-likeness (QED) is 0.814. The number of anilines is 2. The van der Waals surface area contributed by atoms with E-state index in [1.165, 1.54) is 6.42 Å². The van der Waals surface area contributed by atoms with E-state index in [0.717, 1.165) is 17.8 Å². The summed E-state index contributed by atoms with van der Waals surface area (Å²) in [6, 6.07) is 4.13. The van der Waals surface area contributed by atoms with Gasteiger partial charge in [-0.1, -0.05) is 13.8 Å². The van der Waals surface area contributed by atoms with Crippen molar-refractivity contribution in [3.63, 3.8) is 0 Å². The summed E-state index contributed by atoms with van der Waals surface area (Å²) in [5.74, 6) is 0.260. The minimum atomic E-state index is -0.960. The minimum absolute atomic E-state index is 0.207. The molecule has 0 aliphatic carbocycles. The van der Waals surface area contributed by atoms with Crippen molar-refractivity contribution in [3.8, 4) is 0 Å². The van der Waals surface area contributed by atoms with Crippen molar-refractivity contribution < 1.29 is 9.90 Å². The van der Waals surface area contributed by atoms with Gasteiger partial charge in [-0.2, -0.15) is 0 Å². The summed E-state index contributed by atoms with van der Waals surface area (Å²) in [6.07, 6.45) is 1.22. The SMILES string of the molecule is Cc1cc(N2CC(C)CC(C)C2C)cc(C(=O)O)c1N. The Morgan fingerprint density at radius 3 is 2.60 bits per heavy atom. The summed E-state index contributed by atoms with van der Waals surface area (Å²) in [5.41, 5.74) is 8.25. The first kappa shape index (κ1) is 14.7. The van der Waals surface area contributed by atoms with Gasteiger partial charge in [-0.15, -0.1) is 0 Å². The van der Waals surface area contributed by atoms with Gasteiger partial charge in [0, 0.05) is 24.0 Å². The molecular formula is C16H24N2O2. The molecule has 1 aliphatic rings. The smallest absolute Gasteiger partial charge is 0.337 e. The molecule has 0 bridgehead atoms. The van der Waals surface area contributed by atoms with Crippen molar-refractivity contribution in [2.24, 2.45) is 11.8 Å². The normalized spacial score (nSPS) is 26.6.